The summed E-state index contributed by atoms with van der Waals surface area (Å²) in [4.78, 5) is 15.4. The third kappa shape index (κ3) is 3.28. The maximum Gasteiger partial charge on any atom is 0.244 e. The lowest BCUT2D eigenvalue weighted by Crippen LogP contribution is -2.33. The fraction of sp³-hybridized carbons (Fsp3) is 0.500. The number of anilines is 1. The van der Waals surface area contributed by atoms with E-state index in [9.17, 15) is 13.2 Å². The largest absolute Gasteiger partial charge is 0.301 e. The Labute approximate surface area is 92.5 Å². The van der Waals surface area contributed by atoms with Crippen molar-refractivity contribution in [3.63, 3.8) is 0 Å². The number of carbonyl (C=O) groups is 1. The van der Waals surface area contributed by atoms with Crippen LogP contribution in [0.15, 0.2) is 11.6 Å². The third-order valence-electron chi connectivity index (χ3n) is 1.84. The van der Waals surface area contributed by atoms with E-state index in [1.54, 1.807) is 18.5 Å². The fourth-order valence-corrected chi connectivity index (χ4v) is 2.74. The predicted octanol–water partition coefficient (Wildman–Crippen LogP) is 0.905. The lowest BCUT2D eigenvalue weighted by atomic mass is 10.3. The molecule has 15 heavy (non-hydrogen) atoms. The second-order valence-corrected chi connectivity index (χ2v) is 6.18. The molecule has 0 aromatic carbocycles. The molecule has 0 spiro atoms. The van der Waals surface area contributed by atoms with Crippen molar-refractivity contribution in [1.29, 1.82) is 0 Å². The fourth-order valence-electron chi connectivity index (χ4n) is 1.15. The van der Waals surface area contributed by atoms with Gasteiger partial charge in [-0.25, -0.2) is 13.4 Å². The summed E-state index contributed by atoms with van der Waals surface area (Å²) in [6, 6.07) is 0. The van der Waals surface area contributed by atoms with E-state index in [4.69, 9.17) is 0 Å². The van der Waals surface area contributed by atoms with Crippen LogP contribution in [0.3, 0.4) is 0 Å². The van der Waals surface area contributed by atoms with Crippen LogP contribution in [0.4, 0.5) is 5.13 Å². The first kappa shape index (κ1) is 12.1. The van der Waals surface area contributed by atoms with Gasteiger partial charge in [0.2, 0.25) is 5.91 Å². The van der Waals surface area contributed by atoms with Crippen LogP contribution in [0.2, 0.25) is 0 Å². The minimum atomic E-state index is -3.35. The number of hydrogen-bond acceptors (Lipinski definition) is 5. The average Bonchev–Trinajstić information content (AvgIpc) is 2.54. The van der Waals surface area contributed by atoms with Crippen molar-refractivity contribution < 1.29 is 13.2 Å². The van der Waals surface area contributed by atoms with E-state index in [0.29, 0.717) is 5.13 Å². The molecule has 5 nitrogen and oxygen atoms in total. The van der Waals surface area contributed by atoms with Crippen LogP contribution in [-0.2, 0) is 14.6 Å². The topological polar surface area (TPSA) is 76.1 Å². The molecule has 0 saturated carbocycles. The summed E-state index contributed by atoms with van der Waals surface area (Å²) in [6.07, 6.45) is 2.86. The molecule has 84 valence electrons. The molecule has 1 aromatic heterocycles. The molecule has 1 amide bonds. The van der Waals surface area contributed by atoms with Crippen LogP contribution >= 0.6 is 11.3 Å². The first-order valence-electron chi connectivity index (χ1n) is 4.34. The number of sulfone groups is 1. The summed E-state index contributed by atoms with van der Waals surface area (Å²) in [5.41, 5.74) is 0. The zero-order valence-electron chi connectivity index (χ0n) is 8.43. The van der Waals surface area contributed by atoms with Crippen LogP contribution in [0.1, 0.15) is 13.3 Å². The number of carbonyl (C=O) groups excluding carboxylic acids is 1. The van der Waals surface area contributed by atoms with Gasteiger partial charge in [-0.05, 0) is 6.42 Å². The summed E-state index contributed by atoms with van der Waals surface area (Å²) in [5.74, 6) is -0.519. The van der Waals surface area contributed by atoms with Crippen molar-refractivity contribution in [2.45, 2.75) is 18.6 Å². The molecular weight excluding hydrogens is 236 g/mol. The molecule has 0 aliphatic heterocycles. The van der Waals surface area contributed by atoms with Gasteiger partial charge in [-0.3, -0.25) is 4.79 Å². The van der Waals surface area contributed by atoms with Gasteiger partial charge in [0, 0.05) is 17.8 Å². The summed E-state index contributed by atoms with van der Waals surface area (Å²) >= 11 is 1.25. The highest BCUT2D eigenvalue weighted by atomic mass is 32.2. The monoisotopic (exact) mass is 248 g/mol. The minimum Gasteiger partial charge on any atom is -0.301 e. The number of nitrogens with zero attached hydrogens (tertiary/aromatic N) is 1. The number of hydrogen-bond donors (Lipinski definition) is 1. The first-order chi connectivity index (χ1) is 6.95. The molecule has 0 aliphatic rings. The lowest BCUT2D eigenvalue weighted by Gasteiger charge is -2.11. The van der Waals surface area contributed by atoms with Crippen molar-refractivity contribution in [2.24, 2.45) is 0 Å². The SMILES string of the molecule is CCC(C(=O)Nc1nccs1)S(C)(=O)=O. The average molecular weight is 248 g/mol. The van der Waals surface area contributed by atoms with Gasteiger partial charge >= 0.3 is 0 Å². The maximum atomic E-state index is 11.6. The number of aromatic nitrogens is 1. The molecular formula is C8H12N2O3S2. The quantitative estimate of drug-likeness (QED) is 0.859. The molecule has 0 saturated heterocycles. The Bertz CT molecular complexity index is 425. The Morgan fingerprint density at radius 2 is 2.33 bits per heavy atom. The Hall–Kier alpha value is -0.950. The smallest absolute Gasteiger partial charge is 0.244 e. The number of thiazole rings is 1. The van der Waals surface area contributed by atoms with Crippen LogP contribution in [-0.4, -0.2) is 30.8 Å². The molecule has 1 unspecified atom stereocenters. The highest BCUT2D eigenvalue weighted by Crippen LogP contribution is 2.13. The van der Waals surface area contributed by atoms with E-state index in [0.717, 1.165) is 6.26 Å². The van der Waals surface area contributed by atoms with Crippen LogP contribution in [0.25, 0.3) is 0 Å². The summed E-state index contributed by atoms with van der Waals surface area (Å²) in [5, 5.41) is 3.59. The molecule has 1 rings (SSSR count). The summed E-state index contributed by atoms with van der Waals surface area (Å²) in [6.45, 7) is 1.66. The Morgan fingerprint density at radius 1 is 1.67 bits per heavy atom. The van der Waals surface area contributed by atoms with E-state index < -0.39 is 21.0 Å². The van der Waals surface area contributed by atoms with Crippen molar-refractivity contribution in [3.8, 4) is 0 Å². The first-order valence-corrected chi connectivity index (χ1v) is 7.17. The number of nitrogens with one attached hydrogen (secondary N) is 1. The van der Waals surface area contributed by atoms with E-state index in [-0.39, 0.29) is 6.42 Å². The standard InChI is InChI=1S/C8H12N2O3S2/c1-3-6(15(2,12)13)7(11)10-8-9-4-5-14-8/h4-6H,3H2,1-2H3,(H,9,10,11). The molecule has 1 heterocycles. The molecule has 0 bridgehead atoms. The molecule has 1 aromatic rings. The van der Waals surface area contributed by atoms with Crippen molar-refractivity contribution in [1.82, 2.24) is 4.98 Å². The van der Waals surface area contributed by atoms with Gasteiger partial charge in [-0.1, -0.05) is 6.92 Å². The molecule has 0 fully saturated rings. The van der Waals surface area contributed by atoms with Crippen molar-refractivity contribution >= 4 is 32.2 Å². The van der Waals surface area contributed by atoms with Gasteiger partial charge in [-0.15, -0.1) is 11.3 Å². The predicted molar refractivity (Wildman–Crippen MR) is 59.7 cm³/mol. The second kappa shape index (κ2) is 4.71. The molecule has 0 aliphatic carbocycles. The normalized spacial score (nSPS) is 13.5. The van der Waals surface area contributed by atoms with Crippen LogP contribution in [0.5, 0.6) is 0 Å². The molecule has 1 N–H and O–H groups in total. The Kier molecular flexibility index (Phi) is 3.81. The van der Waals surface area contributed by atoms with Gasteiger partial charge in [0.15, 0.2) is 15.0 Å². The number of amides is 1. The summed E-state index contributed by atoms with van der Waals surface area (Å²) in [7, 11) is -3.35. The number of rotatable bonds is 4. The zero-order valence-corrected chi connectivity index (χ0v) is 10.1. The van der Waals surface area contributed by atoms with Crippen LogP contribution < -0.4 is 5.32 Å². The van der Waals surface area contributed by atoms with Gasteiger partial charge < -0.3 is 5.32 Å². The van der Waals surface area contributed by atoms with E-state index in [1.165, 1.54) is 11.3 Å². The van der Waals surface area contributed by atoms with Gasteiger partial charge in [0.1, 0.15) is 5.25 Å². The Morgan fingerprint density at radius 3 is 2.73 bits per heavy atom. The van der Waals surface area contributed by atoms with Crippen molar-refractivity contribution in [2.75, 3.05) is 11.6 Å². The van der Waals surface area contributed by atoms with Crippen molar-refractivity contribution in [3.05, 3.63) is 11.6 Å². The molecule has 0 radical (unpaired) electrons. The summed E-state index contributed by atoms with van der Waals surface area (Å²) < 4.78 is 22.5. The maximum absolute atomic E-state index is 11.6. The lowest BCUT2D eigenvalue weighted by molar-refractivity contribution is -0.115. The molecule has 1 atom stereocenters. The van der Waals surface area contributed by atoms with Crippen LogP contribution in [0, 0.1) is 0 Å². The highest BCUT2D eigenvalue weighted by Gasteiger charge is 2.27. The minimum absolute atomic E-state index is 0.260. The Balaban J connectivity index is 2.76. The zero-order chi connectivity index (χ0) is 11.5. The highest BCUT2D eigenvalue weighted by molar-refractivity contribution is 7.92. The van der Waals surface area contributed by atoms with E-state index >= 15 is 0 Å². The van der Waals surface area contributed by atoms with Gasteiger partial charge in [0.05, 0.1) is 0 Å². The molecule has 7 heteroatoms. The second-order valence-electron chi connectivity index (χ2n) is 3.05. The van der Waals surface area contributed by atoms with Gasteiger partial charge in [-0.2, -0.15) is 0 Å². The van der Waals surface area contributed by atoms with E-state index in [2.05, 4.69) is 10.3 Å². The van der Waals surface area contributed by atoms with E-state index in [1.807, 2.05) is 0 Å². The third-order valence-corrected chi connectivity index (χ3v) is 4.11. The van der Waals surface area contributed by atoms with Gasteiger partial charge in [0.25, 0.3) is 0 Å².